The zero-order valence-electron chi connectivity index (χ0n) is 9.92. The summed E-state index contributed by atoms with van der Waals surface area (Å²) in [6.45, 7) is 5.86. The summed E-state index contributed by atoms with van der Waals surface area (Å²) >= 11 is 0. The van der Waals surface area contributed by atoms with Gasteiger partial charge >= 0.3 is 0 Å². The van der Waals surface area contributed by atoms with E-state index < -0.39 is 0 Å². The minimum absolute atomic E-state index is 1.00. The van der Waals surface area contributed by atoms with Gasteiger partial charge in [-0.3, -0.25) is 0 Å². The zero-order chi connectivity index (χ0) is 10.4. The maximum Gasteiger partial charge on any atom is 0.0107 e. The van der Waals surface area contributed by atoms with Gasteiger partial charge < -0.3 is 15.1 Å². The molecule has 1 fully saturated rings. The van der Waals surface area contributed by atoms with E-state index in [9.17, 15) is 0 Å². The molecule has 0 unspecified atom stereocenters. The molecule has 0 aromatic carbocycles. The molecule has 1 aliphatic rings. The molecule has 1 N–H and O–H groups in total. The van der Waals surface area contributed by atoms with Crippen LogP contribution in [-0.2, 0) is 0 Å². The van der Waals surface area contributed by atoms with E-state index in [4.69, 9.17) is 0 Å². The SMILES string of the molecule is CN(C)CCN(C)CCNCC1CC1. The van der Waals surface area contributed by atoms with Gasteiger partial charge in [0.2, 0.25) is 0 Å². The van der Waals surface area contributed by atoms with Crippen LogP contribution in [0.3, 0.4) is 0 Å². The van der Waals surface area contributed by atoms with Crippen LogP contribution in [0, 0.1) is 5.92 Å². The first-order valence-electron chi connectivity index (χ1n) is 5.72. The molecule has 0 spiro atoms. The van der Waals surface area contributed by atoms with E-state index in [0.29, 0.717) is 0 Å². The predicted octanol–water partition coefficient (Wildman–Crippen LogP) is 0.479. The van der Waals surface area contributed by atoms with E-state index >= 15 is 0 Å². The van der Waals surface area contributed by atoms with Gasteiger partial charge in [-0.1, -0.05) is 0 Å². The quantitative estimate of drug-likeness (QED) is 0.574. The Morgan fingerprint density at radius 2 is 1.79 bits per heavy atom. The topological polar surface area (TPSA) is 18.5 Å². The fourth-order valence-corrected chi connectivity index (χ4v) is 1.38. The van der Waals surface area contributed by atoms with Gasteiger partial charge in [0.05, 0.1) is 0 Å². The van der Waals surface area contributed by atoms with Crippen LogP contribution in [0.5, 0.6) is 0 Å². The third-order valence-electron chi connectivity index (χ3n) is 2.73. The smallest absolute Gasteiger partial charge is 0.0107 e. The van der Waals surface area contributed by atoms with Crippen LogP contribution in [0.25, 0.3) is 0 Å². The van der Waals surface area contributed by atoms with Crippen molar-refractivity contribution in [2.24, 2.45) is 5.92 Å². The Morgan fingerprint density at radius 1 is 1.07 bits per heavy atom. The van der Waals surface area contributed by atoms with Crippen LogP contribution in [0.1, 0.15) is 12.8 Å². The van der Waals surface area contributed by atoms with Crippen molar-refractivity contribution in [3.8, 4) is 0 Å². The Balaban J connectivity index is 1.83. The number of likely N-dealkylation sites (N-methyl/N-ethyl adjacent to an activating group) is 2. The summed E-state index contributed by atoms with van der Waals surface area (Å²) in [7, 11) is 6.45. The molecule has 1 saturated carbocycles. The van der Waals surface area contributed by atoms with Gasteiger partial charge in [0, 0.05) is 26.2 Å². The standard InChI is InChI=1S/C11H25N3/c1-13(2)8-9-14(3)7-6-12-10-11-4-5-11/h11-12H,4-10H2,1-3H3. The van der Waals surface area contributed by atoms with Crippen molar-refractivity contribution in [1.29, 1.82) is 0 Å². The van der Waals surface area contributed by atoms with Gasteiger partial charge in [-0.25, -0.2) is 0 Å². The Bertz CT molecular complexity index is 143. The second kappa shape index (κ2) is 6.38. The Morgan fingerprint density at radius 3 is 2.36 bits per heavy atom. The fraction of sp³-hybridized carbons (Fsp3) is 1.00. The minimum atomic E-state index is 1.00. The highest BCUT2D eigenvalue weighted by atomic mass is 15.2. The highest BCUT2D eigenvalue weighted by Gasteiger charge is 2.19. The average molecular weight is 199 g/mol. The molecule has 1 aliphatic carbocycles. The molecule has 0 saturated heterocycles. The number of nitrogens with one attached hydrogen (secondary N) is 1. The Labute approximate surface area is 88.5 Å². The van der Waals surface area contributed by atoms with E-state index in [1.165, 1.54) is 25.9 Å². The molecule has 0 aliphatic heterocycles. The van der Waals surface area contributed by atoms with Gasteiger partial charge in [-0.15, -0.1) is 0 Å². The van der Waals surface area contributed by atoms with E-state index in [0.717, 1.165) is 25.6 Å². The van der Waals surface area contributed by atoms with Crippen molar-refractivity contribution < 1.29 is 0 Å². The lowest BCUT2D eigenvalue weighted by atomic mass is 10.4. The first kappa shape index (κ1) is 12.0. The van der Waals surface area contributed by atoms with Crippen molar-refractivity contribution in [1.82, 2.24) is 15.1 Å². The molecule has 0 aromatic heterocycles. The first-order chi connectivity index (χ1) is 6.68. The molecule has 14 heavy (non-hydrogen) atoms. The van der Waals surface area contributed by atoms with E-state index in [1.807, 2.05) is 0 Å². The molecular formula is C11H25N3. The van der Waals surface area contributed by atoms with Gasteiger partial charge in [0.1, 0.15) is 0 Å². The summed E-state index contributed by atoms with van der Waals surface area (Å²) in [4.78, 5) is 4.62. The number of nitrogens with zero attached hydrogens (tertiary/aromatic N) is 2. The van der Waals surface area contributed by atoms with Crippen LogP contribution < -0.4 is 5.32 Å². The highest BCUT2D eigenvalue weighted by Crippen LogP contribution is 2.27. The summed E-state index contributed by atoms with van der Waals surface area (Å²) in [5.74, 6) is 1.00. The zero-order valence-corrected chi connectivity index (χ0v) is 9.92. The molecular weight excluding hydrogens is 174 g/mol. The lowest BCUT2D eigenvalue weighted by Gasteiger charge is -2.19. The molecule has 0 radical (unpaired) electrons. The summed E-state index contributed by atoms with van der Waals surface area (Å²) in [5, 5.41) is 3.51. The Hall–Kier alpha value is -0.120. The monoisotopic (exact) mass is 199 g/mol. The van der Waals surface area contributed by atoms with E-state index in [2.05, 4.69) is 36.3 Å². The van der Waals surface area contributed by atoms with Crippen molar-refractivity contribution in [3.05, 3.63) is 0 Å². The maximum absolute atomic E-state index is 3.51. The van der Waals surface area contributed by atoms with Crippen molar-refractivity contribution in [2.75, 3.05) is 53.9 Å². The van der Waals surface area contributed by atoms with Crippen molar-refractivity contribution >= 4 is 0 Å². The van der Waals surface area contributed by atoms with Gasteiger partial charge in [0.25, 0.3) is 0 Å². The highest BCUT2D eigenvalue weighted by molar-refractivity contribution is 4.75. The summed E-state index contributed by atoms with van der Waals surface area (Å²) in [6, 6.07) is 0. The lowest BCUT2D eigenvalue weighted by Crippen LogP contribution is -2.34. The summed E-state index contributed by atoms with van der Waals surface area (Å²) < 4.78 is 0. The second-order valence-electron chi connectivity index (χ2n) is 4.75. The van der Waals surface area contributed by atoms with Crippen molar-refractivity contribution in [3.63, 3.8) is 0 Å². The van der Waals surface area contributed by atoms with Gasteiger partial charge in [0.15, 0.2) is 0 Å². The molecule has 0 aromatic rings. The van der Waals surface area contributed by atoms with Crippen LogP contribution in [0.2, 0.25) is 0 Å². The summed E-state index contributed by atoms with van der Waals surface area (Å²) in [6.07, 6.45) is 2.90. The number of hydrogen-bond acceptors (Lipinski definition) is 3. The van der Waals surface area contributed by atoms with E-state index in [1.54, 1.807) is 0 Å². The molecule has 0 heterocycles. The van der Waals surface area contributed by atoms with Gasteiger partial charge in [-0.2, -0.15) is 0 Å². The summed E-state index contributed by atoms with van der Waals surface area (Å²) in [5.41, 5.74) is 0. The first-order valence-corrected chi connectivity index (χ1v) is 5.72. The molecule has 1 rings (SSSR count). The molecule has 0 bridgehead atoms. The van der Waals surface area contributed by atoms with Crippen molar-refractivity contribution in [2.45, 2.75) is 12.8 Å². The van der Waals surface area contributed by atoms with Crippen LogP contribution in [0.15, 0.2) is 0 Å². The third-order valence-corrected chi connectivity index (χ3v) is 2.73. The van der Waals surface area contributed by atoms with Crippen LogP contribution >= 0.6 is 0 Å². The minimum Gasteiger partial charge on any atom is -0.315 e. The molecule has 3 nitrogen and oxygen atoms in total. The van der Waals surface area contributed by atoms with Crippen LogP contribution in [0.4, 0.5) is 0 Å². The molecule has 84 valence electrons. The molecule has 3 heteroatoms. The predicted molar refractivity (Wildman–Crippen MR) is 61.6 cm³/mol. The Kier molecular flexibility index (Phi) is 5.45. The van der Waals surface area contributed by atoms with E-state index in [-0.39, 0.29) is 0 Å². The normalized spacial score (nSPS) is 16.9. The van der Waals surface area contributed by atoms with Crippen LogP contribution in [-0.4, -0.2) is 63.7 Å². The molecule has 0 amide bonds. The molecule has 0 atom stereocenters. The maximum atomic E-state index is 3.51. The average Bonchev–Trinajstić information content (AvgIpc) is 2.92. The largest absolute Gasteiger partial charge is 0.315 e. The fourth-order valence-electron chi connectivity index (χ4n) is 1.38. The van der Waals surface area contributed by atoms with Gasteiger partial charge in [-0.05, 0) is 46.4 Å². The second-order valence-corrected chi connectivity index (χ2v) is 4.75. The number of hydrogen-bond donors (Lipinski definition) is 1. The lowest BCUT2D eigenvalue weighted by molar-refractivity contribution is 0.281. The number of rotatable bonds is 8. The third kappa shape index (κ3) is 6.35.